The summed E-state index contributed by atoms with van der Waals surface area (Å²) in [5, 5.41) is 2.99. The van der Waals surface area contributed by atoms with Gasteiger partial charge in [0.05, 0.1) is 14.2 Å². The molecule has 0 aliphatic carbocycles. The first-order valence-corrected chi connectivity index (χ1v) is 11.5. The molecule has 2 heterocycles. The Morgan fingerprint density at radius 1 is 1.00 bits per heavy atom. The molecule has 178 valence electrons. The lowest BCUT2D eigenvalue weighted by molar-refractivity contribution is 0.0945. The number of hydrogen-bond acceptors (Lipinski definition) is 5. The third-order valence-corrected chi connectivity index (χ3v) is 6.38. The average Bonchev–Trinajstić information content (AvgIpc) is 3.07. The fraction of sp³-hybridized carbons (Fsp3) is 0.333. The lowest BCUT2D eigenvalue weighted by Gasteiger charge is -2.20. The summed E-state index contributed by atoms with van der Waals surface area (Å²) in [6, 6.07) is 17.3. The van der Waals surface area contributed by atoms with Gasteiger partial charge in [-0.1, -0.05) is 36.4 Å². The number of carbonyl (C=O) groups excluding carboxylic acids is 1. The normalized spacial score (nSPS) is 13.6. The maximum Gasteiger partial charge on any atom is 0.257 e. The van der Waals surface area contributed by atoms with Gasteiger partial charge < -0.3 is 19.4 Å². The molecule has 0 unspecified atom stereocenters. The fourth-order valence-corrected chi connectivity index (χ4v) is 4.44. The Hall–Kier alpha value is -3.58. The summed E-state index contributed by atoms with van der Waals surface area (Å²) in [7, 11) is 3.10. The van der Waals surface area contributed by atoms with Gasteiger partial charge in [-0.25, -0.2) is 0 Å². The maximum absolute atomic E-state index is 13.3. The standard InChI is InChI=1S/C27H31N3O4/c1-19-7-4-5-9-21(19)18-29-12-11-23-26(24(34-3)16-25(31)30(23)14-13-29)27(32)28-17-20-8-6-10-22(15-20)33-2/h4-10,15-16H,11-14,17-18H2,1-3H3,(H,28,32). The van der Waals surface area contributed by atoms with Gasteiger partial charge in [0.25, 0.3) is 11.5 Å². The Kier molecular flexibility index (Phi) is 7.33. The number of nitrogens with one attached hydrogen (secondary N) is 1. The second-order valence-electron chi connectivity index (χ2n) is 8.51. The van der Waals surface area contributed by atoms with E-state index >= 15 is 0 Å². The molecule has 0 radical (unpaired) electrons. The van der Waals surface area contributed by atoms with Crippen molar-refractivity contribution in [3.8, 4) is 11.5 Å². The quantitative estimate of drug-likeness (QED) is 0.585. The minimum absolute atomic E-state index is 0.145. The van der Waals surface area contributed by atoms with E-state index in [-0.39, 0.29) is 11.5 Å². The van der Waals surface area contributed by atoms with Gasteiger partial charge in [-0.05, 0) is 35.7 Å². The van der Waals surface area contributed by atoms with Gasteiger partial charge in [0.2, 0.25) is 0 Å². The van der Waals surface area contributed by atoms with Crippen LogP contribution in [0.2, 0.25) is 0 Å². The third kappa shape index (κ3) is 5.15. The molecule has 0 saturated heterocycles. The first-order valence-electron chi connectivity index (χ1n) is 11.5. The topological polar surface area (TPSA) is 72.8 Å². The first-order chi connectivity index (χ1) is 16.5. The van der Waals surface area contributed by atoms with Crippen molar-refractivity contribution in [2.45, 2.75) is 33.0 Å². The molecule has 7 nitrogen and oxygen atoms in total. The Bertz CT molecular complexity index is 1230. The Labute approximate surface area is 199 Å². The van der Waals surface area contributed by atoms with Crippen LogP contribution in [0.25, 0.3) is 0 Å². The van der Waals surface area contributed by atoms with E-state index in [1.54, 1.807) is 11.7 Å². The predicted molar refractivity (Wildman–Crippen MR) is 132 cm³/mol. The molecule has 0 spiro atoms. The number of hydrogen-bond donors (Lipinski definition) is 1. The zero-order valence-corrected chi connectivity index (χ0v) is 20.0. The van der Waals surface area contributed by atoms with Crippen LogP contribution in [0.5, 0.6) is 11.5 Å². The lowest BCUT2D eigenvalue weighted by Crippen LogP contribution is -2.31. The van der Waals surface area contributed by atoms with Gasteiger partial charge in [-0.15, -0.1) is 0 Å². The largest absolute Gasteiger partial charge is 0.497 e. The van der Waals surface area contributed by atoms with E-state index in [0.29, 0.717) is 30.8 Å². The zero-order valence-electron chi connectivity index (χ0n) is 20.0. The van der Waals surface area contributed by atoms with Crippen LogP contribution in [0, 0.1) is 6.92 Å². The minimum Gasteiger partial charge on any atom is -0.497 e. The molecule has 1 aromatic heterocycles. The molecule has 4 rings (SSSR count). The Morgan fingerprint density at radius 2 is 1.82 bits per heavy atom. The minimum atomic E-state index is -0.254. The van der Waals surface area contributed by atoms with Crippen molar-refractivity contribution < 1.29 is 14.3 Å². The first kappa shape index (κ1) is 23.6. The number of aromatic nitrogens is 1. The van der Waals surface area contributed by atoms with Crippen molar-refractivity contribution in [1.29, 1.82) is 0 Å². The van der Waals surface area contributed by atoms with E-state index in [9.17, 15) is 9.59 Å². The number of rotatable bonds is 7. The highest BCUT2D eigenvalue weighted by Gasteiger charge is 2.25. The summed E-state index contributed by atoms with van der Waals surface area (Å²) in [5.41, 5.74) is 4.46. The lowest BCUT2D eigenvalue weighted by atomic mass is 10.1. The van der Waals surface area contributed by atoms with E-state index in [1.807, 2.05) is 30.3 Å². The molecule has 0 atom stereocenters. The van der Waals surface area contributed by atoms with Gasteiger partial charge in [0.1, 0.15) is 17.1 Å². The second-order valence-corrected chi connectivity index (χ2v) is 8.51. The Morgan fingerprint density at radius 3 is 2.59 bits per heavy atom. The molecule has 34 heavy (non-hydrogen) atoms. The molecular formula is C27H31N3O4. The Balaban J connectivity index is 1.57. The van der Waals surface area contributed by atoms with Crippen LogP contribution in [0.15, 0.2) is 59.4 Å². The SMILES string of the molecule is COc1cccc(CNC(=O)c2c(OC)cc(=O)n3c2CCN(Cc2ccccc2C)CC3)c1. The molecule has 0 fully saturated rings. The van der Waals surface area contributed by atoms with E-state index in [4.69, 9.17) is 9.47 Å². The van der Waals surface area contributed by atoms with Crippen LogP contribution in [-0.4, -0.2) is 42.7 Å². The molecule has 7 heteroatoms. The molecule has 1 amide bonds. The second kappa shape index (κ2) is 10.6. The number of ether oxygens (including phenoxy) is 2. The van der Waals surface area contributed by atoms with Crippen LogP contribution in [0.3, 0.4) is 0 Å². The molecule has 2 aromatic carbocycles. The van der Waals surface area contributed by atoms with Gasteiger partial charge in [-0.2, -0.15) is 0 Å². The summed E-state index contributed by atoms with van der Waals surface area (Å²) >= 11 is 0. The van der Waals surface area contributed by atoms with Crippen molar-refractivity contribution in [2.24, 2.45) is 0 Å². The van der Waals surface area contributed by atoms with Gasteiger partial charge in [-0.3, -0.25) is 14.5 Å². The number of nitrogens with zero attached hydrogens (tertiary/aromatic N) is 2. The van der Waals surface area contributed by atoms with Crippen molar-refractivity contribution in [3.05, 3.63) is 92.9 Å². The summed E-state index contributed by atoms with van der Waals surface area (Å²) in [6.07, 6.45) is 0.584. The average molecular weight is 462 g/mol. The van der Waals surface area contributed by atoms with Crippen molar-refractivity contribution in [1.82, 2.24) is 14.8 Å². The predicted octanol–water partition coefficient (Wildman–Crippen LogP) is 3.16. The molecule has 1 N–H and O–H groups in total. The van der Waals surface area contributed by atoms with Crippen LogP contribution in [-0.2, 0) is 26.1 Å². The van der Waals surface area contributed by atoms with Crippen LogP contribution < -0.4 is 20.3 Å². The molecule has 0 bridgehead atoms. The third-order valence-electron chi connectivity index (χ3n) is 6.38. The number of pyridine rings is 1. The smallest absolute Gasteiger partial charge is 0.257 e. The van der Waals surface area contributed by atoms with E-state index < -0.39 is 0 Å². The van der Waals surface area contributed by atoms with Crippen LogP contribution in [0.4, 0.5) is 0 Å². The number of fused-ring (bicyclic) bond motifs is 1. The number of methoxy groups -OCH3 is 2. The number of aryl methyl sites for hydroxylation is 1. The molecule has 3 aromatic rings. The summed E-state index contributed by atoms with van der Waals surface area (Å²) < 4.78 is 12.5. The highest BCUT2D eigenvalue weighted by atomic mass is 16.5. The molecule has 1 aliphatic heterocycles. The van der Waals surface area contributed by atoms with Crippen molar-refractivity contribution >= 4 is 5.91 Å². The highest BCUT2D eigenvalue weighted by Crippen LogP contribution is 2.24. The number of benzene rings is 2. The molecule has 1 aliphatic rings. The summed E-state index contributed by atoms with van der Waals surface area (Å²) in [6.45, 7) is 5.28. The van der Waals surface area contributed by atoms with Crippen LogP contribution in [0.1, 0.15) is 32.7 Å². The van der Waals surface area contributed by atoms with Gasteiger partial charge in [0, 0.05) is 50.9 Å². The van der Waals surface area contributed by atoms with Gasteiger partial charge >= 0.3 is 0 Å². The zero-order chi connectivity index (χ0) is 24.1. The maximum atomic E-state index is 13.3. The molecule has 0 saturated carbocycles. The van der Waals surface area contributed by atoms with E-state index in [0.717, 1.165) is 36.6 Å². The fourth-order valence-electron chi connectivity index (χ4n) is 4.44. The number of amides is 1. The summed E-state index contributed by atoms with van der Waals surface area (Å²) in [4.78, 5) is 28.5. The highest BCUT2D eigenvalue weighted by molar-refractivity contribution is 5.98. The number of carbonyl (C=O) groups is 1. The van der Waals surface area contributed by atoms with Crippen molar-refractivity contribution in [3.63, 3.8) is 0 Å². The van der Waals surface area contributed by atoms with E-state index in [2.05, 4.69) is 35.3 Å². The summed E-state index contributed by atoms with van der Waals surface area (Å²) in [5.74, 6) is 0.792. The van der Waals surface area contributed by atoms with E-state index in [1.165, 1.54) is 24.3 Å². The van der Waals surface area contributed by atoms with Gasteiger partial charge in [0.15, 0.2) is 0 Å². The van der Waals surface area contributed by atoms with Crippen molar-refractivity contribution in [2.75, 3.05) is 27.3 Å². The van der Waals surface area contributed by atoms with Crippen LogP contribution >= 0.6 is 0 Å². The molecular weight excluding hydrogens is 430 g/mol. The monoisotopic (exact) mass is 461 g/mol.